The summed E-state index contributed by atoms with van der Waals surface area (Å²) in [7, 11) is 0. The maximum atomic E-state index is 11.9. The lowest BCUT2D eigenvalue weighted by Crippen LogP contribution is -2.38. The number of carbonyl (C=O) groups is 1. The van der Waals surface area contributed by atoms with Crippen LogP contribution in [0, 0.1) is 0 Å². The number of hydrogen-bond donors (Lipinski definition) is 1. The van der Waals surface area contributed by atoms with Gasteiger partial charge in [-0.2, -0.15) is 11.8 Å². The van der Waals surface area contributed by atoms with E-state index in [9.17, 15) is 4.79 Å². The molecule has 1 fully saturated rings. The van der Waals surface area contributed by atoms with E-state index < -0.39 is 0 Å². The lowest BCUT2D eigenvalue weighted by atomic mass is 10.2. The van der Waals surface area contributed by atoms with Gasteiger partial charge in [0.15, 0.2) is 0 Å². The van der Waals surface area contributed by atoms with Crippen molar-refractivity contribution in [2.75, 3.05) is 31.6 Å². The third-order valence-electron chi connectivity index (χ3n) is 3.02. The zero-order chi connectivity index (χ0) is 11.8. The second-order valence-electron chi connectivity index (χ2n) is 4.28. The van der Waals surface area contributed by atoms with E-state index in [0.717, 1.165) is 32.5 Å². The van der Waals surface area contributed by atoms with Gasteiger partial charge in [0.05, 0.1) is 6.04 Å². The molecule has 1 unspecified atom stereocenters. The number of rotatable bonds is 8. The molecule has 94 valence electrons. The zero-order valence-electron chi connectivity index (χ0n) is 10.5. The van der Waals surface area contributed by atoms with Crippen molar-refractivity contribution in [3.63, 3.8) is 0 Å². The Labute approximate surface area is 103 Å². The number of likely N-dealkylation sites (tertiary alicyclic amines) is 1. The topological polar surface area (TPSA) is 32.3 Å². The lowest BCUT2D eigenvalue weighted by molar-refractivity contribution is -0.129. The third kappa shape index (κ3) is 4.34. The molecule has 0 bridgehead atoms. The van der Waals surface area contributed by atoms with Crippen molar-refractivity contribution >= 4 is 17.7 Å². The normalized spacial score (nSPS) is 20.8. The van der Waals surface area contributed by atoms with E-state index in [4.69, 9.17) is 0 Å². The molecule has 4 heteroatoms. The van der Waals surface area contributed by atoms with Crippen molar-refractivity contribution in [1.29, 1.82) is 0 Å². The van der Waals surface area contributed by atoms with Crippen LogP contribution in [0.5, 0.6) is 0 Å². The summed E-state index contributed by atoms with van der Waals surface area (Å²) in [5, 5.41) is 3.24. The summed E-state index contributed by atoms with van der Waals surface area (Å²) >= 11 is 1.90. The molecule has 0 aromatic heterocycles. The minimum absolute atomic E-state index is 0.0937. The molecule has 1 saturated heterocycles. The van der Waals surface area contributed by atoms with E-state index in [-0.39, 0.29) is 6.04 Å². The van der Waals surface area contributed by atoms with Gasteiger partial charge in [0.1, 0.15) is 0 Å². The summed E-state index contributed by atoms with van der Waals surface area (Å²) in [4.78, 5) is 13.9. The van der Waals surface area contributed by atoms with Crippen molar-refractivity contribution < 1.29 is 4.79 Å². The second-order valence-corrected chi connectivity index (χ2v) is 5.26. The van der Waals surface area contributed by atoms with Crippen molar-refractivity contribution in [2.45, 2.75) is 38.6 Å². The van der Waals surface area contributed by atoms with Crippen LogP contribution >= 0.6 is 11.8 Å². The van der Waals surface area contributed by atoms with Crippen LogP contribution in [0.1, 0.15) is 32.6 Å². The van der Waals surface area contributed by atoms with E-state index >= 15 is 0 Å². The molecule has 0 radical (unpaired) electrons. The molecule has 3 nitrogen and oxygen atoms in total. The molecule has 0 spiro atoms. The molecule has 0 aromatic rings. The molecule has 1 aliphatic heterocycles. The van der Waals surface area contributed by atoms with Crippen LogP contribution in [0.4, 0.5) is 0 Å². The fourth-order valence-corrected chi connectivity index (χ4v) is 2.62. The van der Waals surface area contributed by atoms with E-state index in [1.54, 1.807) is 0 Å². The zero-order valence-corrected chi connectivity index (χ0v) is 11.3. The second kappa shape index (κ2) is 7.96. The van der Waals surface area contributed by atoms with Crippen molar-refractivity contribution in [1.82, 2.24) is 10.2 Å². The van der Waals surface area contributed by atoms with E-state index in [1.807, 2.05) is 16.7 Å². The van der Waals surface area contributed by atoms with Gasteiger partial charge in [-0.05, 0) is 37.8 Å². The number of likely N-dealkylation sites (N-methyl/N-ethyl adjacent to an activating group) is 1. The number of hydrogen-bond acceptors (Lipinski definition) is 3. The van der Waals surface area contributed by atoms with Crippen LogP contribution in [-0.4, -0.2) is 48.5 Å². The molecule has 1 N–H and O–H groups in total. The molecule has 0 aliphatic carbocycles. The smallest absolute Gasteiger partial charge is 0.239 e. The molecule has 1 aliphatic rings. The van der Waals surface area contributed by atoms with Crippen molar-refractivity contribution in [3.05, 3.63) is 0 Å². The van der Waals surface area contributed by atoms with Crippen LogP contribution < -0.4 is 5.32 Å². The predicted octanol–water partition coefficient (Wildman–Crippen LogP) is 1.73. The first-order valence-electron chi connectivity index (χ1n) is 6.30. The first-order valence-corrected chi connectivity index (χ1v) is 7.70. The van der Waals surface area contributed by atoms with Crippen LogP contribution in [0.25, 0.3) is 0 Å². The summed E-state index contributed by atoms with van der Waals surface area (Å²) in [6.45, 7) is 4.84. The molecule has 1 atom stereocenters. The van der Waals surface area contributed by atoms with Gasteiger partial charge < -0.3 is 10.2 Å². The van der Waals surface area contributed by atoms with Crippen molar-refractivity contribution in [2.24, 2.45) is 0 Å². The van der Waals surface area contributed by atoms with Crippen LogP contribution in [0.15, 0.2) is 0 Å². The average Bonchev–Trinajstić information content (AvgIpc) is 2.62. The van der Waals surface area contributed by atoms with E-state index in [1.165, 1.54) is 18.6 Å². The molecule has 0 aromatic carbocycles. The number of unbranched alkanes of at least 4 members (excludes halogenated alkanes) is 2. The van der Waals surface area contributed by atoms with Gasteiger partial charge in [0.25, 0.3) is 0 Å². The maximum absolute atomic E-state index is 11.9. The molecule has 1 rings (SSSR count). The van der Waals surface area contributed by atoms with E-state index in [2.05, 4.69) is 18.5 Å². The van der Waals surface area contributed by atoms with Gasteiger partial charge >= 0.3 is 0 Å². The highest BCUT2D eigenvalue weighted by atomic mass is 32.2. The molecule has 0 saturated carbocycles. The number of nitrogens with one attached hydrogen (secondary N) is 1. The Balaban J connectivity index is 2.12. The van der Waals surface area contributed by atoms with Gasteiger partial charge in [-0.1, -0.05) is 13.3 Å². The SMILES string of the molecule is CCNC1CCN(CCCCCSC)C1=O. The molecule has 1 heterocycles. The van der Waals surface area contributed by atoms with Crippen molar-refractivity contribution in [3.8, 4) is 0 Å². The monoisotopic (exact) mass is 244 g/mol. The number of carbonyl (C=O) groups excluding carboxylic acids is 1. The average molecular weight is 244 g/mol. The Morgan fingerprint density at radius 2 is 2.25 bits per heavy atom. The Morgan fingerprint density at radius 1 is 1.44 bits per heavy atom. The largest absolute Gasteiger partial charge is 0.341 e. The predicted molar refractivity (Wildman–Crippen MR) is 70.9 cm³/mol. The van der Waals surface area contributed by atoms with Crippen LogP contribution in [0.2, 0.25) is 0 Å². The Hall–Kier alpha value is -0.220. The number of amides is 1. The molecule has 16 heavy (non-hydrogen) atoms. The molecular formula is C12H24N2OS. The van der Waals surface area contributed by atoms with Gasteiger partial charge in [-0.25, -0.2) is 0 Å². The quantitative estimate of drug-likeness (QED) is 0.660. The molecular weight excluding hydrogens is 220 g/mol. The minimum atomic E-state index is 0.0937. The first-order chi connectivity index (χ1) is 7.79. The summed E-state index contributed by atoms with van der Waals surface area (Å²) in [5.41, 5.74) is 0. The summed E-state index contributed by atoms with van der Waals surface area (Å²) < 4.78 is 0. The Bertz CT molecular complexity index is 211. The fraction of sp³-hybridized carbons (Fsp3) is 0.917. The van der Waals surface area contributed by atoms with Gasteiger partial charge in [-0.15, -0.1) is 0 Å². The maximum Gasteiger partial charge on any atom is 0.239 e. The third-order valence-corrected chi connectivity index (χ3v) is 3.72. The Kier molecular flexibility index (Phi) is 6.88. The summed E-state index contributed by atoms with van der Waals surface area (Å²) in [6.07, 6.45) is 6.81. The standard InChI is InChI=1S/C12H24N2OS/c1-3-13-11-7-9-14(12(11)15)8-5-4-6-10-16-2/h11,13H,3-10H2,1-2H3. The summed E-state index contributed by atoms with van der Waals surface area (Å²) in [5.74, 6) is 1.56. The van der Waals surface area contributed by atoms with Gasteiger partial charge in [-0.3, -0.25) is 4.79 Å². The van der Waals surface area contributed by atoms with Crippen LogP contribution in [-0.2, 0) is 4.79 Å². The highest BCUT2D eigenvalue weighted by Gasteiger charge is 2.29. The van der Waals surface area contributed by atoms with Crippen LogP contribution in [0.3, 0.4) is 0 Å². The molecule has 1 amide bonds. The first kappa shape index (κ1) is 13.8. The van der Waals surface area contributed by atoms with Gasteiger partial charge in [0, 0.05) is 13.1 Å². The highest BCUT2D eigenvalue weighted by molar-refractivity contribution is 7.98. The Morgan fingerprint density at radius 3 is 2.94 bits per heavy atom. The lowest BCUT2D eigenvalue weighted by Gasteiger charge is -2.16. The number of nitrogens with zero attached hydrogens (tertiary/aromatic N) is 1. The summed E-state index contributed by atoms with van der Waals surface area (Å²) in [6, 6.07) is 0.0937. The minimum Gasteiger partial charge on any atom is -0.341 e. The van der Waals surface area contributed by atoms with E-state index in [0.29, 0.717) is 5.91 Å². The number of thioether (sulfide) groups is 1. The fourth-order valence-electron chi connectivity index (χ4n) is 2.12. The highest BCUT2D eigenvalue weighted by Crippen LogP contribution is 2.12. The van der Waals surface area contributed by atoms with Gasteiger partial charge in [0.2, 0.25) is 5.91 Å².